The van der Waals surface area contributed by atoms with Crippen molar-refractivity contribution in [3.05, 3.63) is 24.3 Å². The molecule has 5 heteroatoms. The Morgan fingerprint density at radius 1 is 1.47 bits per heavy atom. The Morgan fingerprint density at radius 2 is 2.12 bits per heavy atom. The first kappa shape index (κ1) is 11.6. The lowest BCUT2D eigenvalue weighted by molar-refractivity contribution is 0.191. The number of nitrogens with one attached hydrogen (secondary N) is 1. The zero-order chi connectivity index (χ0) is 12.3. The molecule has 2 N–H and O–H groups in total. The van der Waals surface area contributed by atoms with E-state index in [0.29, 0.717) is 12.5 Å². The molecule has 1 aliphatic rings. The van der Waals surface area contributed by atoms with Crippen LogP contribution < -0.4 is 15.0 Å². The fourth-order valence-corrected chi connectivity index (χ4v) is 1.93. The van der Waals surface area contributed by atoms with Gasteiger partial charge in [0.05, 0.1) is 7.11 Å². The lowest BCUT2D eigenvalue weighted by Crippen LogP contribution is -2.51. The molecule has 0 atom stereocenters. The number of methoxy groups -OCH3 is 1. The van der Waals surface area contributed by atoms with Crippen LogP contribution in [0, 0.1) is 5.92 Å². The molecule has 1 amide bonds. The lowest BCUT2D eigenvalue weighted by atomic mass is 9.99. The van der Waals surface area contributed by atoms with Crippen molar-refractivity contribution in [2.24, 2.45) is 5.92 Å². The fraction of sp³-hybridized carbons (Fsp3) is 0.417. The molecule has 0 aromatic heterocycles. The average Bonchev–Trinajstić information content (AvgIpc) is 2.27. The molecule has 17 heavy (non-hydrogen) atoms. The summed E-state index contributed by atoms with van der Waals surface area (Å²) in [6.07, 6.45) is -0.951. The van der Waals surface area contributed by atoms with Gasteiger partial charge in [0.2, 0.25) is 0 Å². The van der Waals surface area contributed by atoms with E-state index in [2.05, 4.69) is 10.2 Å². The molecule has 0 saturated carbocycles. The SMILES string of the molecule is COc1ccc(N2CC(CNC(=O)O)C2)cc1. The van der Waals surface area contributed by atoms with Crippen molar-refractivity contribution in [1.29, 1.82) is 0 Å². The summed E-state index contributed by atoms with van der Waals surface area (Å²) in [5.74, 6) is 1.26. The smallest absolute Gasteiger partial charge is 0.404 e. The van der Waals surface area contributed by atoms with Crippen LogP contribution in [0.5, 0.6) is 5.75 Å². The van der Waals surface area contributed by atoms with Crippen LogP contribution >= 0.6 is 0 Å². The first-order chi connectivity index (χ1) is 8.19. The van der Waals surface area contributed by atoms with Gasteiger partial charge in [-0.3, -0.25) is 0 Å². The number of benzene rings is 1. The Hall–Kier alpha value is -1.91. The number of amides is 1. The molecule has 1 aliphatic heterocycles. The second-order valence-electron chi connectivity index (χ2n) is 4.16. The molecule has 0 unspecified atom stereocenters. The largest absolute Gasteiger partial charge is 0.497 e. The molecule has 1 saturated heterocycles. The standard InChI is InChI=1S/C12H16N2O3/c1-17-11-4-2-10(3-5-11)14-7-9(8-14)6-13-12(15)16/h2-5,9,13H,6-8H2,1H3,(H,15,16). The maximum absolute atomic E-state index is 10.3. The van der Waals surface area contributed by atoms with Crippen molar-refractivity contribution >= 4 is 11.8 Å². The molecule has 0 bridgehead atoms. The minimum absolute atomic E-state index is 0.410. The van der Waals surface area contributed by atoms with Crippen molar-refractivity contribution in [2.75, 3.05) is 31.6 Å². The molecule has 5 nitrogen and oxygen atoms in total. The molecule has 0 radical (unpaired) electrons. The van der Waals surface area contributed by atoms with Gasteiger partial charge in [-0.15, -0.1) is 0 Å². The van der Waals surface area contributed by atoms with E-state index in [-0.39, 0.29) is 0 Å². The van der Waals surface area contributed by atoms with Gasteiger partial charge in [-0.05, 0) is 24.3 Å². The Labute approximate surface area is 100.0 Å². The summed E-state index contributed by atoms with van der Waals surface area (Å²) in [7, 11) is 1.65. The number of hydrogen-bond acceptors (Lipinski definition) is 3. The van der Waals surface area contributed by atoms with E-state index in [4.69, 9.17) is 9.84 Å². The van der Waals surface area contributed by atoms with Gasteiger partial charge in [0.25, 0.3) is 0 Å². The summed E-state index contributed by atoms with van der Waals surface area (Å²) in [6, 6.07) is 7.88. The predicted molar refractivity (Wildman–Crippen MR) is 64.7 cm³/mol. The highest BCUT2D eigenvalue weighted by atomic mass is 16.5. The van der Waals surface area contributed by atoms with Crippen LogP contribution in [0.4, 0.5) is 10.5 Å². The Kier molecular flexibility index (Phi) is 3.37. The van der Waals surface area contributed by atoms with Crippen molar-refractivity contribution in [1.82, 2.24) is 5.32 Å². The normalized spacial score (nSPS) is 15.2. The van der Waals surface area contributed by atoms with E-state index in [1.54, 1.807) is 7.11 Å². The average molecular weight is 236 g/mol. The summed E-state index contributed by atoms with van der Waals surface area (Å²) >= 11 is 0. The number of carbonyl (C=O) groups is 1. The molecular formula is C12H16N2O3. The van der Waals surface area contributed by atoms with Crippen molar-refractivity contribution in [2.45, 2.75) is 0 Å². The van der Waals surface area contributed by atoms with Gasteiger partial charge in [0, 0.05) is 31.2 Å². The van der Waals surface area contributed by atoms with E-state index in [0.717, 1.165) is 24.5 Å². The number of anilines is 1. The molecule has 1 heterocycles. The third-order valence-electron chi connectivity index (χ3n) is 2.94. The molecule has 1 fully saturated rings. The number of carboxylic acid groups (broad SMARTS) is 1. The van der Waals surface area contributed by atoms with Crippen LogP contribution in [-0.2, 0) is 0 Å². The molecule has 1 aromatic carbocycles. The highest BCUT2D eigenvalue weighted by Crippen LogP contribution is 2.25. The molecule has 92 valence electrons. The zero-order valence-corrected chi connectivity index (χ0v) is 9.72. The van der Waals surface area contributed by atoms with E-state index in [1.807, 2.05) is 24.3 Å². The predicted octanol–water partition coefficient (Wildman–Crippen LogP) is 1.40. The Morgan fingerprint density at radius 3 is 2.65 bits per heavy atom. The second-order valence-corrected chi connectivity index (χ2v) is 4.16. The quantitative estimate of drug-likeness (QED) is 0.829. The first-order valence-electron chi connectivity index (χ1n) is 5.55. The minimum atomic E-state index is -0.951. The van der Waals surface area contributed by atoms with Crippen LogP contribution in [-0.4, -0.2) is 37.9 Å². The topological polar surface area (TPSA) is 61.8 Å². The van der Waals surface area contributed by atoms with Crippen LogP contribution in [0.15, 0.2) is 24.3 Å². The highest BCUT2D eigenvalue weighted by molar-refractivity contribution is 5.64. The Balaban J connectivity index is 1.80. The minimum Gasteiger partial charge on any atom is -0.497 e. The van der Waals surface area contributed by atoms with Crippen LogP contribution in [0.1, 0.15) is 0 Å². The summed E-state index contributed by atoms with van der Waals surface area (Å²) in [4.78, 5) is 12.5. The van der Waals surface area contributed by atoms with Gasteiger partial charge in [0.1, 0.15) is 5.75 Å². The van der Waals surface area contributed by atoms with Gasteiger partial charge >= 0.3 is 6.09 Å². The van der Waals surface area contributed by atoms with Crippen molar-refractivity contribution in [3.63, 3.8) is 0 Å². The van der Waals surface area contributed by atoms with Gasteiger partial charge in [-0.1, -0.05) is 0 Å². The summed E-state index contributed by atoms with van der Waals surface area (Å²) < 4.78 is 5.09. The molecule has 1 aromatic rings. The van der Waals surface area contributed by atoms with E-state index >= 15 is 0 Å². The number of ether oxygens (including phenoxy) is 1. The molecular weight excluding hydrogens is 220 g/mol. The third-order valence-corrected chi connectivity index (χ3v) is 2.94. The Bertz CT molecular complexity index is 385. The van der Waals surface area contributed by atoms with Crippen molar-refractivity contribution in [3.8, 4) is 5.75 Å². The summed E-state index contributed by atoms with van der Waals surface area (Å²) in [6.45, 7) is 2.32. The van der Waals surface area contributed by atoms with Crippen LogP contribution in [0.3, 0.4) is 0 Å². The summed E-state index contributed by atoms with van der Waals surface area (Å²) in [5.41, 5.74) is 1.15. The van der Waals surface area contributed by atoms with Gasteiger partial charge < -0.3 is 20.1 Å². The fourth-order valence-electron chi connectivity index (χ4n) is 1.93. The summed E-state index contributed by atoms with van der Waals surface area (Å²) in [5, 5.41) is 10.9. The number of hydrogen-bond donors (Lipinski definition) is 2. The maximum atomic E-state index is 10.3. The van der Waals surface area contributed by atoms with Crippen molar-refractivity contribution < 1.29 is 14.6 Å². The second kappa shape index (κ2) is 4.95. The van der Waals surface area contributed by atoms with Gasteiger partial charge in [0.15, 0.2) is 0 Å². The monoisotopic (exact) mass is 236 g/mol. The third kappa shape index (κ3) is 2.81. The van der Waals surface area contributed by atoms with Gasteiger partial charge in [-0.2, -0.15) is 0 Å². The number of nitrogens with zero attached hydrogens (tertiary/aromatic N) is 1. The highest BCUT2D eigenvalue weighted by Gasteiger charge is 2.26. The zero-order valence-electron chi connectivity index (χ0n) is 9.72. The lowest BCUT2D eigenvalue weighted by Gasteiger charge is -2.41. The van der Waals surface area contributed by atoms with E-state index in [1.165, 1.54) is 0 Å². The first-order valence-corrected chi connectivity index (χ1v) is 5.55. The maximum Gasteiger partial charge on any atom is 0.404 e. The van der Waals surface area contributed by atoms with Crippen LogP contribution in [0.2, 0.25) is 0 Å². The van der Waals surface area contributed by atoms with E-state index in [9.17, 15) is 4.79 Å². The molecule has 0 aliphatic carbocycles. The van der Waals surface area contributed by atoms with Gasteiger partial charge in [-0.25, -0.2) is 4.79 Å². The van der Waals surface area contributed by atoms with E-state index < -0.39 is 6.09 Å². The number of rotatable bonds is 4. The van der Waals surface area contributed by atoms with Crippen LogP contribution in [0.25, 0.3) is 0 Å². The molecule has 0 spiro atoms. The molecule has 2 rings (SSSR count).